The fourth-order valence-corrected chi connectivity index (χ4v) is 3.37. The number of fused-ring (bicyclic) bond motifs is 1. The van der Waals surface area contributed by atoms with Crippen molar-refractivity contribution >= 4 is 22.8 Å². The summed E-state index contributed by atoms with van der Waals surface area (Å²) in [5, 5.41) is 0.287. The van der Waals surface area contributed by atoms with Crippen molar-refractivity contribution in [2.45, 2.75) is 31.3 Å². The van der Waals surface area contributed by atoms with Crippen molar-refractivity contribution in [2.24, 2.45) is 0 Å². The summed E-state index contributed by atoms with van der Waals surface area (Å²) < 4.78 is 27.4. The molecule has 0 amide bonds. The van der Waals surface area contributed by atoms with Crippen molar-refractivity contribution < 1.29 is 13.9 Å². The van der Waals surface area contributed by atoms with E-state index in [2.05, 4.69) is 15.0 Å². The van der Waals surface area contributed by atoms with E-state index in [0.717, 1.165) is 5.56 Å². The van der Waals surface area contributed by atoms with Gasteiger partial charge in [-0.3, -0.25) is 4.57 Å². The molecule has 8 heteroatoms. The molecule has 0 aliphatic carbocycles. The summed E-state index contributed by atoms with van der Waals surface area (Å²) in [5.74, 6) is 0. The second-order valence-electron chi connectivity index (χ2n) is 6.39. The third-order valence-electron chi connectivity index (χ3n) is 4.58. The normalized spacial score (nSPS) is 22.9. The fourth-order valence-electron chi connectivity index (χ4n) is 3.20. The van der Waals surface area contributed by atoms with Gasteiger partial charge in [0.15, 0.2) is 10.8 Å². The Morgan fingerprint density at radius 3 is 2.92 bits per heavy atom. The van der Waals surface area contributed by atoms with Gasteiger partial charge in [0.1, 0.15) is 30.3 Å². The summed E-state index contributed by atoms with van der Waals surface area (Å²) in [7, 11) is 0. The molecule has 1 aromatic carbocycles. The average Bonchev–Trinajstić information content (AvgIpc) is 3.28. The number of alkyl halides is 1. The minimum atomic E-state index is -0.952. The van der Waals surface area contributed by atoms with Crippen LogP contribution in [0.3, 0.4) is 0 Å². The Morgan fingerprint density at radius 2 is 2.12 bits per heavy atom. The molecule has 0 bridgehead atoms. The van der Waals surface area contributed by atoms with E-state index in [9.17, 15) is 4.39 Å². The van der Waals surface area contributed by atoms with Crippen LogP contribution < -0.4 is 0 Å². The first kappa shape index (κ1) is 17.3. The summed E-state index contributed by atoms with van der Waals surface area (Å²) in [5.41, 5.74) is 1.18. The van der Waals surface area contributed by atoms with Crippen LogP contribution >= 0.6 is 11.6 Å². The van der Waals surface area contributed by atoms with Crippen molar-refractivity contribution in [3.05, 3.63) is 53.7 Å². The fraction of sp³-hybridized carbons (Fsp3) is 0.389. The first-order valence-corrected chi connectivity index (χ1v) is 8.77. The van der Waals surface area contributed by atoms with Crippen LogP contribution in [0, 0.1) is 0 Å². The highest BCUT2D eigenvalue weighted by Crippen LogP contribution is 2.38. The first-order valence-electron chi connectivity index (χ1n) is 8.39. The molecule has 1 aliphatic rings. The summed E-state index contributed by atoms with van der Waals surface area (Å²) in [4.78, 5) is 12.4. The molecule has 2 atom stereocenters. The van der Waals surface area contributed by atoms with E-state index in [0.29, 0.717) is 30.6 Å². The largest absolute Gasteiger partial charge is 0.374 e. The molecule has 26 heavy (non-hydrogen) atoms. The molecule has 4 rings (SSSR count). The third-order valence-corrected chi connectivity index (χ3v) is 4.85. The first-order chi connectivity index (χ1) is 12.7. The maximum Gasteiger partial charge on any atom is 0.166 e. The maximum atomic E-state index is 13.8. The quantitative estimate of drug-likeness (QED) is 0.614. The van der Waals surface area contributed by atoms with Crippen molar-refractivity contribution in [2.75, 3.05) is 13.3 Å². The van der Waals surface area contributed by atoms with Crippen LogP contribution in [0.25, 0.3) is 11.2 Å². The lowest BCUT2D eigenvalue weighted by Gasteiger charge is -2.26. The van der Waals surface area contributed by atoms with Gasteiger partial charge in [-0.15, -0.1) is 0 Å². The molecule has 2 aromatic heterocycles. The zero-order chi connectivity index (χ0) is 18.0. The molecule has 1 saturated heterocycles. The SMILES string of the molecule is FC[C@]1(COCc2ccccc2)CC[C@@H](n2cnc3c(Cl)ncnc32)O1. The van der Waals surface area contributed by atoms with Gasteiger partial charge < -0.3 is 9.47 Å². The van der Waals surface area contributed by atoms with Crippen molar-refractivity contribution in [3.63, 3.8) is 0 Å². The van der Waals surface area contributed by atoms with Gasteiger partial charge in [0.05, 0.1) is 19.5 Å². The Morgan fingerprint density at radius 1 is 1.27 bits per heavy atom. The number of halogens is 2. The van der Waals surface area contributed by atoms with Gasteiger partial charge in [-0.05, 0) is 18.4 Å². The predicted octanol–water partition coefficient (Wildman–Crippen LogP) is 3.71. The molecule has 0 spiro atoms. The van der Waals surface area contributed by atoms with E-state index in [-0.39, 0.29) is 18.0 Å². The van der Waals surface area contributed by atoms with Crippen LogP contribution in [0.15, 0.2) is 43.0 Å². The highest BCUT2D eigenvalue weighted by molar-refractivity contribution is 6.33. The zero-order valence-electron chi connectivity index (χ0n) is 14.0. The molecule has 0 radical (unpaired) electrons. The molecule has 0 N–H and O–H groups in total. The molecule has 0 saturated carbocycles. The van der Waals surface area contributed by atoms with Crippen LogP contribution in [0.4, 0.5) is 4.39 Å². The molecule has 136 valence electrons. The predicted molar refractivity (Wildman–Crippen MR) is 94.5 cm³/mol. The Labute approximate surface area is 154 Å². The number of hydrogen-bond donors (Lipinski definition) is 0. The highest BCUT2D eigenvalue weighted by Gasteiger charge is 2.42. The summed E-state index contributed by atoms with van der Waals surface area (Å²) in [6, 6.07) is 9.79. The van der Waals surface area contributed by atoms with E-state index < -0.39 is 12.3 Å². The van der Waals surface area contributed by atoms with Gasteiger partial charge in [-0.1, -0.05) is 41.9 Å². The van der Waals surface area contributed by atoms with E-state index in [1.807, 2.05) is 30.3 Å². The van der Waals surface area contributed by atoms with Crippen molar-refractivity contribution in [1.29, 1.82) is 0 Å². The summed E-state index contributed by atoms with van der Waals surface area (Å²) >= 11 is 6.04. The molecule has 6 nitrogen and oxygen atoms in total. The van der Waals surface area contributed by atoms with E-state index in [4.69, 9.17) is 21.1 Å². The van der Waals surface area contributed by atoms with Gasteiger partial charge in [0.2, 0.25) is 0 Å². The van der Waals surface area contributed by atoms with Gasteiger partial charge in [-0.2, -0.15) is 0 Å². The molecule has 0 unspecified atom stereocenters. The standard InChI is InChI=1S/C18H18ClFN4O2/c19-16-15-17(22-11-21-16)24(12-23-15)14-6-7-18(9-20,26-14)10-25-8-13-4-2-1-3-5-13/h1-5,11-12,14H,6-10H2/t14-,18-/m0/s1. The maximum absolute atomic E-state index is 13.8. The van der Waals surface area contributed by atoms with Crippen molar-refractivity contribution in [3.8, 4) is 0 Å². The molecule has 3 aromatic rings. The Hall–Kier alpha value is -2.09. The van der Waals surface area contributed by atoms with E-state index >= 15 is 0 Å². The molecule has 3 heterocycles. The van der Waals surface area contributed by atoms with Crippen LogP contribution in [0.5, 0.6) is 0 Å². The highest BCUT2D eigenvalue weighted by atomic mass is 35.5. The van der Waals surface area contributed by atoms with Crippen LogP contribution in [-0.2, 0) is 16.1 Å². The third kappa shape index (κ3) is 3.30. The number of aromatic nitrogens is 4. The topological polar surface area (TPSA) is 62.1 Å². The zero-order valence-corrected chi connectivity index (χ0v) is 14.8. The summed E-state index contributed by atoms with van der Waals surface area (Å²) in [6.07, 6.45) is 3.83. The number of nitrogens with zero attached hydrogens (tertiary/aromatic N) is 4. The molecule has 1 aliphatic heterocycles. The Balaban J connectivity index is 1.45. The second-order valence-corrected chi connectivity index (χ2v) is 6.75. The summed E-state index contributed by atoms with van der Waals surface area (Å²) in [6.45, 7) is 0.00534. The van der Waals surface area contributed by atoms with Crippen LogP contribution in [0.2, 0.25) is 5.15 Å². The number of imidazole rings is 1. The molecular weight excluding hydrogens is 359 g/mol. The number of ether oxygens (including phenoxy) is 2. The van der Waals surface area contributed by atoms with Crippen LogP contribution in [-0.4, -0.2) is 38.4 Å². The lowest BCUT2D eigenvalue weighted by Crippen LogP contribution is -2.37. The smallest absolute Gasteiger partial charge is 0.166 e. The Kier molecular flexibility index (Phi) is 4.84. The lowest BCUT2D eigenvalue weighted by atomic mass is 10.0. The van der Waals surface area contributed by atoms with Crippen molar-refractivity contribution in [1.82, 2.24) is 19.5 Å². The molecular formula is C18H18ClFN4O2. The molecule has 1 fully saturated rings. The minimum absolute atomic E-state index is 0.192. The van der Waals surface area contributed by atoms with Gasteiger partial charge in [0, 0.05) is 0 Å². The van der Waals surface area contributed by atoms with E-state index in [1.165, 1.54) is 6.33 Å². The number of benzene rings is 1. The number of rotatable bonds is 6. The van der Waals surface area contributed by atoms with Gasteiger partial charge in [0.25, 0.3) is 0 Å². The lowest BCUT2D eigenvalue weighted by molar-refractivity contribution is -0.123. The average molecular weight is 377 g/mol. The van der Waals surface area contributed by atoms with Gasteiger partial charge >= 0.3 is 0 Å². The number of hydrogen-bond acceptors (Lipinski definition) is 5. The van der Waals surface area contributed by atoms with Gasteiger partial charge in [-0.25, -0.2) is 19.3 Å². The monoisotopic (exact) mass is 376 g/mol. The minimum Gasteiger partial charge on any atom is -0.374 e. The van der Waals surface area contributed by atoms with E-state index in [1.54, 1.807) is 10.9 Å². The second kappa shape index (κ2) is 7.26. The Bertz CT molecular complexity index is 891. The van der Waals surface area contributed by atoms with Crippen LogP contribution in [0.1, 0.15) is 24.6 Å².